The van der Waals surface area contributed by atoms with E-state index in [-0.39, 0.29) is 11.8 Å². The third kappa shape index (κ3) is 5.74. The molecule has 0 saturated carbocycles. The molecule has 2 aromatic carbocycles. The van der Waals surface area contributed by atoms with Crippen molar-refractivity contribution in [1.82, 2.24) is 4.90 Å². The Balaban J connectivity index is 1.52. The van der Waals surface area contributed by atoms with Crippen LogP contribution in [0.5, 0.6) is 0 Å². The van der Waals surface area contributed by atoms with Crippen molar-refractivity contribution in [1.29, 1.82) is 0 Å². The Morgan fingerprint density at radius 2 is 1.77 bits per heavy atom. The fourth-order valence-corrected chi connectivity index (χ4v) is 3.97. The molecule has 0 atom stereocenters. The van der Waals surface area contributed by atoms with E-state index in [0.717, 1.165) is 36.9 Å². The number of rotatable bonds is 7. The van der Waals surface area contributed by atoms with Crippen LogP contribution in [0.15, 0.2) is 48.5 Å². The highest BCUT2D eigenvalue weighted by molar-refractivity contribution is 6.30. The summed E-state index contributed by atoms with van der Waals surface area (Å²) in [5.74, 6) is -0.0486. The summed E-state index contributed by atoms with van der Waals surface area (Å²) in [4.78, 5) is 30.4. The highest BCUT2D eigenvalue weighted by Crippen LogP contribution is 2.19. The molecule has 6 nitrogen and oxygen atoms in total. The predicted octanol–water partition coefficient (Wildman–Crippen LogP) is 2.17. The first-order valence-electron chi connectivity index (χ1n) is 10.5. The molecule has 1 aliphatic rings. The number of piperazine rings is 1. The van der Waals surface area contributed by atoms with Gasteiger partial charge in [0.05, 0.1) is 26.2 Å². The Kier molecular flexibility index (Phi) is 7.71. The minimum Gasteiger partial charge on any atom is -0.360 e. The van der Waals surface area contributed by atoms with Gasteiger partial charge in [0.15, 0.2) is 6.54 Å². The van der Waals surface area contributed by atoms with Crippen LogP contribution in [-0.4, -0.2) is 62.5 Å². The molecule has 2 amide bonds. The van der Waals surface area contributed by atoms with Crippen LogP contribution in [0.25, 0.3) is 0 Å². The molecule has 0 radical (unpaired) electrons. The molecule has 0 unspecified atom stereocenters. The average molecular weight is 430 g/mol. The molecular weight excluding hydrogens is 400 g/mol. The second-order valence-corrected chi connectivity index (χ2v) is 7.94. The first-order chi connectivity index (χ1) is 14.5. The molecule has 0 aromatic heterocycles. The van der Waals surface area contributed by atoms with E-state index in [1.807, 2.05) is 44.2 Å². The molecule has 30 heavy (non-hydrogen) atoms. The lowest BCUT2D eigenvalue weighted by Crippen LogP contribution is -3.15. The van der Waals surface area contributed by atoms with Gasteiger partial charge in [0, 0.05) is 35.1 Å². The van der Waals surface area contributed by atoms with Gasteiger partial charge in [-0.1, -0.05) is 23.7 Å². The normalized spacial score (nSPS) is 14.4. The predicted molar refractivity (Wildman–Crippen MR) is 122 cm³/mol. The van der Waals surface area contributed by atoms with E-state index in [0.29, 0.717) is 30.9 Å². The van der Waals surface area contributed by atoms with Crippen LogP contribution in [0.3, 0.4) is 0 Å². The number of hydrogen-bond acceptors (Lipinski definition) is 3. The Labute approximate surface area is 183 Å². The zero-order valence-electron chi connectivity index (χ0n) is 17.7. The van der Waals surface area contributed by atoms with Gasteiger partial charge in [0.2, 0.25) is 0 Å². The maximum atomic E-state index is 12.5. The number of nitrogens with one attached hydrogen (secondary N) is 2. The molecule has 3 rings (SSSR count). The summed E-state index contributed by atoms with van der Waals surface area (Å²) in [6.45, 7) is 9.21. The second-order valence-electron chi connectivity index (χ2n) is 7.50. The number of carbonyl (C=O) groups is 2. The summed E-state index contributed by atoms with van der Waals surface area (Å²) in [6, 6.07) is 15.1. The van der Waals surface area contributed by atoms with Crippen molar-refractivity contribution in [2.75, 3.05) is 56.0 Å². The molecule has 2 N–H and O–H groups in total. The summed E-state index contributed by atoms with van der Waals surface area (Å²) in [5, 5.41) is 3.69. The van der Waals surface area contributed by atoms with E-state index in [4.69, 9.17) is 11.6 Å². The van der Waals surface area contributed by atoms with E-state index >= 15 is 0 Å². The van der Waals surface area contributed by atoms with E-state index in [1.165, 1.54) is 4.90 Å². The topological polar surface area (TPSA) is 57.1 Å². The number of anilines is 2. The van der Waals surface area contributed by atoms with Gasteiger partial charge in [-0.05, 0) is 50.2 Å². The second kappa shape index (κ2) is 10.5. The maximum absolute atomic E-state index is 12.5. The zero-order chi connectivity index (χ0) is 21.5. The average Bonchev–Trinajstić information content (AvgIpc) is 2.75. The van der Waals surface area contributed by atoms with Gasteiger partial charge in [0.1, 0.15) is 0 Å². The fraction of sp³-hybridized carbons (Fsp3) is 0.391. The van der Waals surface area contributed by atoms with Crippen molar-refractivity contribution in [3.8, 4) is 0 Å². The lowest BCUT2D eigenvalue weighted by Gasteiger charge is -2.33. The van der Waals surface area contributed by atoms with Gasteiger partial charge in [-0.2, -0.15) is 0 Å². The molecule has 0 bridgehead atoms. The van der Waals surface area contributed by atoms with Gasteiger partial charge >= 0.3 is 0 Å². The standard InChI is InChI=1S/C23H29ClN4O2/c1-3-27(4-2)23(30)18-7-5-9-20(15-18)25-22(29)17-26-11-13-28(14-12-26)21-10-6-8-19(24)16-21/h5-10,15-16H,3-4,11-14,17H2,1-2H3,(H,25,29)/p+1. The molecular formula is C23H30ClN4O2+. The Morgan fingerprint density at radius 1 is 1.07 bits per heavy atom. The molecule has 2 aromatic rings. The number of hydrogen-bond donors (Lipinski definition) is 2. The third-order valence-corrected chi connectivity index (χ3v) is 5.73. The highest BCUT2D eigenvalue weighted by atomic mass is 35.5. The van der Waals surface area contributed by atoms with E-state index < -0.39 is 0 Å². The van der Waals surface area contributed by atoms with Gasteiger partial charge in [-0.3, -0.25) is 9.59 Å². The first-order valence-corrected chi connectivity index (χ1v) is 10.9. The summed E-state index contributed by atoms with van der Waals surface area (Å²) in [7, 11) is 0. The van der Waals surface area contributed by atoms with E-state index in [1.54, 1.807) is 17.0 Å². The molecule has 7 heteroatoms. The number of carbonyl (C=O) groups excluding carboxylic acids is 2. The lowest BCUT2D eigenvalue weighted by atomic mass is 10.1. The maximum Gasteiger partial charge on any atom is 0.279 e. The van der Waals surface area contributed by atoms with Crippen LogP contribution in [0.1, 0.15) is 24.2 Å². The highest BCUT2D eigenvalue weighted by Gasteiger charge is 2.22. The van der Waals surface area contributed by atoms with Gasteiger partial charge in [0.25, 0.3) is 11.8 Å². The van der Waals surface area contributed by atoms with Crippen LogP contribution in [0, 0.1) is 0 Å². The molecule has 1 saturated heterocycles. The minimum absolute atomic E-state index is 0.0149. The first kappa shape index (κ1) is 22.1. The van der Waals surface area contributed by atoms with Crippen LogP contribution in [0.2, 0.25) is 5.02 Å². The quantitative estimate of drug-likeness (QED) is 0.709. The van der Waals surface area contributed by atoms with Crippen LogP contribution >= 0.6 is 11.6 Å². The van der Waals surface area contributed by atoms with Crippen molar-refractivity contribution in [2.45, 2.75) is 13.8 Å². The van der Waals surface area contributed by atoms with Crippen LogP contribution < -0.4 is 15.1 Å². The molecule has 1 fully saturated rings. The minimum atomic E-state index is -0.0337. The number of amides is 2. The monoisotopic (exact) mass is 429 g/mol. The summed E-state index contributed by atoms with van der Waals surface area (Å²) in [6.07, 6.45) is 0. The SMILES string of the molecule is CCN(CC)C(=O)c1cccc(NC(=O)C[NH+]2CCN(c3cccc(Cl)c3)CC2)c1. The molecule has 160 valence electrons. The van der Waals surface area contributed by atoms with Crippen molar-refractivity contribution in [3.63, 3.8) is 0 Å². The van der Waals surface area contributed by atoms with Crippen molar-refractivity contribution >= 4 is 34.8 Å². The van der Waals surface area contributed by atoms with Gasteiger partial charge in [-0.15, -0.1) is 0 Å². The lowest BCUT2D eigenvalue weighted by molar-refractivity contribution is -0.892. The number of benzene rings is 2. The van der Waals surface area contributed by atoms with Crippen molar-refractivity contribution in [2.24, 2.45) is 0 Å². The summed E-state index contributed by atoms with van der Waals surface area (Å²) < 4.78 is 0. The largest absolute Gasteiger partial charge is 0.360 e. The fourth-order valence-electron chi connectivity index (χ4n) is 3.79. The summed E-state index contributed by atoms with van der Waals surface area (Å²) >= 11 is 6.09. The van der Waals surface area contributed by atoms with Gasteiger partial charge < -0.3 is 20.0 Å². The Bertz CT molecular complexity index is 877. The summed E-state index contributed by atoms with van der Waals surface area (Å²) in [5.41, 5.74) is 2.38. The van der Waals surface area contributed by atoms with Crippen molar-refractivity contribution < 1.29 is 14.5 Å². The van der Waals surface area contributed by atoms with E-state index in [2.05, 4.69) is 16.3 Å². The number of quaternary nitrogens is 1. The molecule has 0 aliphatic carbocycles. The van der Waals surface area contributed by atoms with Crippen molar-refractivity contribution in [3.05, 3.63) is 59.1 Å². The number of halogens is 1. The molecule has 0 spiro atoms. The third-order valence-electron chi connectivity index (χ3n) is 5.50. The molecule has 1 aliphatic heterocycles. The van der Waals surface area contributed by atoms with Crippen LogP contribution in [-0.2, 0) is 4.79 Å². The Hall–Kier alpha value is -2.57. The van der Waals surface area contributed by atoms with E-state index in [9.17, 15) is 9.59 Å². The zero-order valence-corrected chi connectivity index (χ0v) is 18.4. The number of nitrogens with zero attached hydrogens (tertiary/aromatic N) is 2. The molecule has 1 heterocycles. The van der Waals surface area contributed by atoms with Crippen LogP contribution in [0.4, 0.5) is 11.4 Å². The van der Waals surface area contributed by atoms with Gasteiger partial charge in [-0.25, -0.2) is 0 Å². The Morgan fingerprint density at radius 3 is 2.43 bits per heavy atom. The smallest absolute Gasteiger partial charge is 0.279 e.